The van der Waals surface area contributed by atoms with Crippen LogP contribution in [0, 0.1) is 5.92 Å². The lowest BCUT2D eigenvalue weighted by Gasteiger charge is -2.39. The smallest absolute Gasteiger partial charge is 0.356 e. The predicted molar refractivity (Wildman–Crippen MR) is 108 cm³/mol. The van der Waals surface area contributed by atoms with Crippen LogP contribution in [0.2, 0.25) is 0 Å². The quantitative estimate of drug-likeness (QED) is 0.361. The van der Waals surface area contributed by atoms with Crippen LogP contribution in [0.5, 0.6) is 0 Å². The average Bonchev–Trinajstić information content (AvgIpc) is 2.53. The summed E-state index contributed by atoms with van der Waals surface area (Å²) in [6, 6.07) is -1.45. The Bertz CT molecular complexity index is 463. The van der Waals surface area contributed by atoms with Gasteiger partial charge in [0.2, 0.25) is 5.91 Å². The lowest BCUT2D eigenvalue weighted by Crippen LogP contribution is -2.57. The molecule has 26 heavy (non-hydrogen) atoms. The first-order chi connectivity index (χ1) is 11.5. The normalized spacial score (nSPS) is 17.7. The number of amides is 1. The molecule has 1 aliphatic rings. The zero-order valence-corrected chi connectivity index (χ0v) is 18.5. The zero-order chi connectivity index (χ0) is 19.2. The van der Waals surface area contributed by atoms with Crippen LogP contribution < -0.4 is 5.32 Å². The van der Waals surface area contributed by atoms with Gasteiger partial charge >= 0.3 is 6.18 Å². The van der Waals surface area contributed by atoms with E-state index in [2.05, 4.69) is 24.2 Å². The van der Waals surface area contributed by atoms with Crippen molar-refractivity contribution in [3.63, 3.8) is 0 Å². The van der Waals surface area contributed by atoms with Crippen molar-refractivity contribution in [2.45, 2.75) is 33.0 Å². The molecule has 154 valence electrons. The van der Waals surface area contributed by atoms with Crippen molar-refractivity contribution in [2.24, 2.45) is 10.9 Å². The minimum absolute atomic E-state index is 0. The predicted octanol–water partition coefficient (Wildman–Crippen LogP) is 1.86. The molecular weight excluding hydrogens is 462 g/mol. The van der Waals surface area contributed by atoms with Gasteiger partial charge in [0.1, 0.15) is 12.6 Å². The highest BCUT2D eigenvalue weighted by atomic mass is 127. The van der Waals surface area contributed by atoms with E-state index >= 15 is 0 Å². The Morgan fingerprint density at radius 2 is 1.69 bits per heavy atom. The number of piperazine rings is 1. The molecule has 0 aromatic rings. The number of alkyl halides is 3. The molecule has 10 heteroatoms. The number of hydrogen-bond donors (Lipinski definition) is 1. The molecule has 0 aromatic carbocycles. The third-order valence-electron chi connectivity index (χ3n) is 4.17. The van der Waals surface area contributed by atoms with Gasteiger partial charge in [-0.25, -0.2) is 4.99 Å². The molecule has 0 spiro atoms. The third-order valence-corrected chi connectivity index (χ3v) is 4.17. The van der Waals surface area contributed by atoms with Crippen molar-refractivity contribution in [1.29, 1.82) is 0 Å². The Morgan fingerprint density at radius 1 is 1.15 bits per heavy atom. The Labute approximate surface area is 171 Å². The zero-order valence-electron chi connectivity index (χ0n) is 16.1. The van der Waals surface area contributed by atoms with Crippen LogP contribution >= 0.6 is 24.0 Å². The van der Waals surface area contributed by atoms with E-state index < -0.39 is 12.2 Å². The van der Waals surface area contributed by atoms with E-state index in [-0.39, 0.29) is 36.4 Å². The maximum absolute atomic E-state index is 12.9. The summed E-state index contributed by atoms with van der Waals surface area (Å²) in [4.78, 5) is 20.9. The number of guanidine groups is 1. The summed E-state index contributed by atoms with van der Waals surface area (Å²) in [6.45, 7) is 7.52. The van der Waals surface area contributed by atoms with Gasteiger partial charge in [-0.3, -0.25) is 9.69 Å². The van der Waals surface area contributed by atoms with Crippen LogP contribution in [0.25, 0.3) is 0 Å². The second-order valence-electron chi connectivity index (χ2n) is 6.94. The van der Waals surface area contributed by atoms with Gasteiger partial charge in [0.15, 0.2) is 5.96 Å². The topological polar surface area (TPSA) is 51.2 Å². The van der Waals surface area contributed by atoms with E-state index in [1.54, 1.807) is 14.1 Å². The SMILES string of the molecule is CC(C)CNC(=NCC(=O)N(C)C)N1CCN(C(C)C(F)(F)F)CC1.I. The molecule has 6 nitrogen and oxygen atoms in total. The molecule has 1 fully saturated rings. The molecular formula is C16H31F3IN5O. The number of carbonyl (C=O) groups is 1. The number of carbonyl (C=O) groups excluding carboxylic acids is 1. The Morgan fingerprint density at radius 3 is 2.12 bits per heavy atom. The van der Waals surface area contributed by atoms with Crippen LogP contribution in [-0.4, -0.2) is 92.1 Å². The second-order valence-corrected chi connectivity index (χ2v) is 6.94. The lowest BCUT2D eigenvalue weighted by molar-refractivity contribution is -0.181. The number of aliphatic imine (C=N–C) groups is 1. The van der Waals surface area contributed by atoms with Gasteiger partial charge in [0, 0.05) is 46.8 Å². The maximum Gasteiger partial charge on any atom is 0.403 e. The monoisotopic (exact) mass is 493 g/mol. The number of likely N-dealkylation sites (N-methyl/N-ethyl adjacent to an activating group) is 1. The highest BCUT2D eigenvalue weighted by Gasteiger charge is 2.41. The van der Waals surface area contributed by atoms with E-state index in [9.17, 15) is 18.0 Å². The van der Waals surface area contributed by atoms with Gasteiger partial charge in [-0.05, 0) is 12.8 Å². The summed E-state index contributed by atoms with van der Waals surface area (Å²) < 4.78 is 38.6. The number of nitrogens with zero attached hydrogens (tertiary/aromatic N) is 4. The molecule has 1 aliphatic heterocycles. The van der Waals surface area contributed by atoms with Crippen molar-refractivity contribution in [3.05, 3.63) is 0 Å². The fourth-order valence-corrected chi connectivity index (χ4v) is 2.38. The first-order valence-electron chi connectivity index (χ1n) is 8.56. The molecule has 1 N–H and O–H groups in total. The van der Waals surface area contributed by atoms with Crippen LogP contribution in [0.3, 0.4) is 0 Å². The van der Waals surface area contributed by atoms with Gasteiger partial charge in [-0.15, -0.1) is 24.0 Å². The molecule has 0 bridgehead atoms. The second kappa shape index (κ2) is 11.2. The lowest BCUT2D eigenvalue weighted by atomic mass is 10.2. The summed E-state index contributed by atoms with van der Waals surface area (Å²) in [5.74, 6) is 0.859. The average molecular weight is 493 g/mol. The van der Waals surface area contributed by atoms with Crippen LogP contribution in [0.15, 0.2) is 4.99 Å². The molecule has 0 saturated carbocycles. The van der Waals surface area contributed by atoms with Crippen LogP contribution in [0.1, 0.15) is 20.8 Å². The summed E-state index contributed by atoms with van der Waals surface area (Å²) in [6.07, 6.45) is -4.22. The van der Waals surface area contributed by atoms with Crippen LogP contribution in [0.4, 0.5) is 13.2 Å². The van der Waals surface area contributed by atoms with Gasteiger partial charge in [-0.1, -0.05) is 13.8 Å². The van der Waals surface area contributed by atoms with Gasteiger partial charge in [0.05, 0.1) is 0 Å². The highest BCUT2D eigenvalue weighted by molar-refractivity contribution is 14.0. The van der Waals surface area contributed by atoms with Crippen molar-refractivity contribution in [2.75, 3.05) is 53.4 Å². The van der Waals surface area contributed by atoms with E-state index in [0.29, 0.717) is 44.6 Å². The van der Waals surface area contributed by atoms with E-state index in [1.165, 1.54) is 16.7 Å². The molecule has 1 unspecified atom stereocenters. The third kappa shape index (κ3) is 8.28. The summed E-state index contributed by atoms with van der Waals surface area (Å²) in [7, 11) is 3.33. The molecule has 0 aliphatic carbocycles. The summed E-state index contributed by atoms with van der Waals surface area (Å²) >= 11 is 0. The Hall–Kier alpha value is -0.780. The van der Waals surface area contributed by atoms with Gasteiger partial charge in [0.25, 0.3) is 0 Å². The first-order valence-corrected chi connectivity index (χ1v) is 8.56. The van der Waals surface area contributed by atoms with Crippen molar-refractivity contribution in [3.8, 4) is 0 Å². The van der Waals surface area contributed by atoms with Crippen molar-refractivity contribution < 1.29 is 18.0 Å². The molecule has 1 atom stereocenters. The van der Waals surface area contributed by atoms with Crippen LogP contribution in [-0.2, 0) is 4.79 Å². The minimum Gasteiger partial charge on any atom is -0.356 e. The molecule has 1 saturated heterocycles. The minimum atomic E-state index is -4.22. The standard InChI is InChI=1S/C16H30F3N5O.HI/c1-12(2)10-20-15(21-11-14(25)22(4)5)24-8-6-23(7-9-24)13(3)16(17,18)19;/h12-13H,6-11H2,1-5H3,(H,20,21);1H. The summed E-state index contributed by atoms with van der Waals surface area (Å²) in [5.41, 5.74) is 0. The molecule has 0 radical (unpaired) electrons. The number of halogens is 4. The molecule has 1 heterocycles. The van der Waals surface area contributed by atoms with Gasteiger partial charge < -0.3 is 15.1 Å². The van der Waals surface area contributed by atoms with Gasteiger partial charge in [-0.2, -0.15) is 13.2 Å². The molecule has 1 amide bonds. The van der Waals surface area contributed by atoms with E-state index in [1.807, 2.05) is 4.90 Å². The number of rotatable bonds is 5. The van der Waals surface area contributed by atoms with E-state index in [4.69, 9.17) is 0 Å². The fraction of sp³-hybridized carbons (Fsp3) is 0.875. The maximum atomic E-state index is 12.9. The van der Waals surface area contributed by atoms with Crippen molar-refractivity contribution in [1.82, 2.24) is 20.0 Å². The Kier molecular flexibility index (Phi) is 10.8. The summed E-state index contributed by atoms with van der Waals surface area (Å²) in [5, 5.41) is 3.22. The highest BCUT2D eigenvalue weighted by Crippen LogP contribution is 2.25. The van der Waals surface area contributed by atoms with Crippen molar-refractivity contribution >= 4 is 35.8 Å². The number of hydrogen-bond acceptors (Lipinski definition) is 3. The largest absolute Gasteiger partial charge is 0.403 e. The molecule has 0 aromatic heterocycles. The first kappa shape index (κ1) is 25.2. The van der Waals surface area contributed by atoms with E-state index in [0.717, 1.165) is 0 Å². The number of nitrogens with one attached hydrogen (secondary N) is 1. The fourth-order valence-electron chi connectivity index (χ4n) is 2.38. The Balaban J connectivity index is 0.00000625. The molecule has 1 rings (SSSR count).